The summed E-state index contributed by atoms with van der Waals surface area (Å²) in [7, 11) is 0. The molecule has 124 valence electrons. The van der Waals surface area contributed by atoms with Crippen molar-refractivity contribution in [2.24, 2.45) is 23.7 Å². The summed E-state index contributed by atoms with van der Waals surface area (Å²) in [5.41, 5.74) is 0.543. The molecule has 2 bridgehead atoms. The van der Waals surface area contributed by atoms with Crippen molar-refractivity contribution in [2.45, 2.75) is 13.3 Å². The number of benzene rings is 1. The van der Waals surface area contributed by atoms with Crippen LogP contribution in [0.2, 0.25) is 5.02 Å². The van der Waals surface area contributed by atoms with Crippen LogP contribution in [0, 0.1) is 23.7 Å². The summed E-state index contributed by atoms with van der Waals surface area (Å²) >= 11 is 6.06. The Morgan fingerprint density at radius 2 is 1.83 bits per heavy atom. The number of hydrogen-bond donors (Lipinski definition) is 0. The minimum atomic E-state index is -0.564. The average Bonchev–Trinajstić information content (AvgIpc) is 3.23. The van der Waals surface area contributed by atoms with E-state index in [4.69, 9.17) is 16.3 Å². The van der Waals surface area contributed by atoms with Crippen LogP contribution in [0.4, 0.5) is 5.69 Å². The molecule has 1 aromatic rings. The topological polar surface area (TPSA) is 63.7 Å². The van der Waals surface area contributed by atoms with Gasteiger partial charge >= 0.3 is 5.97 Å². The summed E-state index contributed by atoms with van der Waals surface area (Å²) in [5, 5.41) is 0.234. The molecule has 2 aliphatic carbocycles. The van der Waals surface area contributed by atoms with Crippen molar-refractivity contribution in [1.29, 1.82) is 0 Å². The second-order valence-corrected chi connectivity index (χ2v) is 6.80. The lowest BCUT2D eigenvalue weighted by Gasteiger charge is -2.18. The van der Waals surface area contributed by atoms with Crippen LogP contribution in [-0.2, 0) is 14.3 Å². The summed E-state index contributed by atoms with van der Waals surface area (Å²) in [6.07, 6.45) is 4.98. The van der Waals surface area contributed by atoms with E-state index in [0.717, 1.165) is 6.42 Å². The van der Waals surface area contributed by atoms with Crippen LogP contribution < -0.4 is 4.90 Å². The van der Waals surface area contributed by atoms with Gasteiger partial charge in [-0.3, -0.25) is 9.59 Å². The molecule has 0 aromatic heterocycles. The highest BCUT2D eigenvalue weighted by Crippen LogP contribution is 2.53. The van der Waals surface area contributed by atoms with Crippen molar-refractivity contribution in [3.8, 4) is 0 Å². The lowest BCUT2D eigenvalue weighted by atomic mass is 9.85. The zero-order chi connectivity index (χ0) is 17.0. The molecular formula is C18H16ClNO4. The standard InChI is InChI=1S/C18H16ClNO4/c1-2-24-18(23)12-8-11(5-6-13(12)19)20-16(21)14-9-3-4-10(7-9)15(14)17(20)22/h3-6,8-10,14-15H,2,7H2,1H3/t9-,10-,14-,15+/m1/s1. The second-order valence-electron chi connectivity index (χ2n) is 6.40. The van der Waals surface area contributed by atoms with Gasteiger partial charge in [0.1, 0.15) is 0 Å². The van der Waals surface area contributed by atoms with Crippen molar-refractivity contribution in [1.82, 2.24) is 0 Å². The van der Waals surface area contributed by atoms with Crippen molar-refractivity contribution >= 4 is 35.1 Å². The number of ether oxygens (including phenoxy) is 1. The fourth-order valence-electron chi connectivity index (χ4n) is 4.17. The third-order valence-electron chi connectivity index (χ3n) is 5.17. The van der Waals surface area contributed by atoms with Gasteiger partial charge in [0.15, 0.2) is 0 Å². The maximum atomic E-state index is 12.8. The molecule has 1 aromatic carbocycles. The van der Waals surface area contributed by atoms with Crippen LogP contribution >= 0.6 is 11.6 Å². The van der Waals surface area contributed by atoms with Crippen molar-refractivity contribution < 1.29 is 19.1 Å². The van der Waals surface area contributed by atoms with E-state index < -0.39 is 5.97 Å². The number of fused-ring (bicyclic) bond motifs is 5. The summed E-state index contributed by atoms with van der Waals surface area (Å²) in [5.74, 6) is -1.16. The summed E-state index contributed by atoms with van der Waals surface area (Å²) in [6.45, 7) is 1.92. The summed E-state index contributed by atoms with van der Waals surface area (Å²) in [6, 6.07) is 4.58. The van der Waals surface area contributed by atoms with Gasteiger partial charge in [-0.1, -0.05) is 23.8 Å². The maximum absolute atomic E-state index is 12.8. The smallest absolute Gasteiger partial charge is 0.339 e. The highest BCUT2D eigenvalue weighted by molar-refractivity contribution is 6.34. The molecule has 1 saturated carbocycles. The number of allylic oxidation sites excluding steroid dienone is 2. The van der Waals surface area contributed by atoms with Gasteiger partial charge in [0.25, 0.3) is 0 Å². The Kier molecular flexibility index (Phi) is 3.49. The van der Waals surface area contributed by atoms with E-state index in [1.807, 2.05) is 12.2 Å². The van der Waals surface area contributed by atoms with E-state index >= 15 is 0 Å². The first-order valence-corrected chi connectivity index (χ1v) is 8.43. The quantitative estimate of drug-likeness (QED) is 0.480. The van der Waals surface area contributed by atoms with Crippen LogP contribution in [-0.4, -0.2) is 24.4 Å². The molecule has 1 heterocycles. The minimum Gasteiger partial charge on any atom is -0.462 e. The van der Waals surface area contributed by atoms with E-state index in [2.05, 4.69) is 0 Å². The third-order valence-corrected chi connectivity index (χ3v) is 5.50. The number of anilines is 1. The third kappa shape index (κ3) is 2.04. The first-order chi connectivity index (χ1) is 11.5. The van der Waals surface area contributed by atoms with Crippen LogP contribution in [0.15, 0.2) is 30.4 Å². The van der Waals surface area contributed by atoms with E-state index in [1.165, 1.54) is 17.0 Å². The molecule has 4 rings (SSSR count). The van der Waals surface area contributed by atoms with Gasteiger partial charge in [-0.25, -0.2) is 9.69 Å². The maximum Gasteiger partial charge on any atom is 0.339 e. The average molecular weight is 346 g/mol. The second kappa shape index (κ2) is 5.45. The lowest BCUT2D eigenvalue weighted by molar-refractivity contribution is -0.123. The molecule has 0 N–H and O–H groups in total. The molecule has 0 unspecified atom stereocenters. The number of carbonyl (C=O) groups is 3. The number of rotatable bonds is 3. The lowest BCUT2D eigenvalue weighted by Crippen LogP contribution is -2.33. The van der Waals surface area contributed by atoms with E-state index in [0.29, 0.717) is 5.69 Å². The van der Waals surface area contributed by atoms with E-state index in [1.54, 1.807) is 13.0 Å². The Labute approximate surface area is 144 Å². The van der Waals surface area contributed by atoms with Crippen LogP contribution in [0.1, 0.15) is 23.7 Å². The van der Waals surface area contributed by atoms with Gasteiger partial charge in [0, 0.05) is 0 Å². The number of carbonyl (C=O) groups excluding carboxylic acids is 3. The van der Waals surface area contributed by atoms with Crippen molar-refractivity contribution in [3.63, 3.8) is 0 Å². The molecule has 0 radical (unpaired) electrons. The Balaban J connectivity index is 1.70. The zero-order valence-electron chi connectivity index (χ0n) is 13.1. The first-order valence-electron chi connectivity index (χ1n) is 8.05. The fraction of sp³-hybridized carbons (Fsp3) is 0.389. The number of hydrogen-bond acceptors (Lipinski definition) is 4. The predicted molar refractivity (Wildman–Crippen MR) is 87.6 cm³/mol. The van der Waals surface area contributed by atoms with Gasteiger partial charge in [-0.2, -0.15) is 0 Å². The van der Waals surface area contributed by atoms with Gasteiger partial charge in [-0.05, 0) is 43.4 Å². The SMILES string of the molecule is CCOC(=O)c1cc(N2C(=O)[C@@H]3[C@H](C2=O)[C@@H]2C=C[C@@H]3C2)ccc1Cl. The van der Waals surface area contributed by atoms with Crippen molar-refractivity contribution in [3.05, 3.63) is 40.9 Å². The normalized spacial score (nSPS) is 30.2. The van der Waals surface area contributed by atoms with Crippen LogP contribution in [0.3, 0.4) is 0 Å². The Morgan fingerprint density at radius 1 is 1.21 bits per heavy atom. The molecule has 24 heavy (non-hydrogen) atoms. The number of esters is 1. The number of nitrogens with zero attached hydrogens (tertiary/aromatic N) is 1. The monoisotopic (exact) mass is 345 g/mol. The van der Waals surface area contributed by atoms with Crippen LogP contribution in [0.25, 0.3) is 0 Å². The van der Waals surface area contributed by atoms with Crippen molar-refractivity contribution in [2.75, 3.05) is 11.5 Å². The number of imide groups is 1. The zero-order valence-corrected chi connectivity index (χ0v) is 13.8. The van der Waals surface area contributed by atoms with E-state index in [9.17, 15) is 14.4 Å². The van der Waals surface area contributed by atoms with Gasteiger partial charge in [0.05, 0.1) is 34.7 Å². The van der Waals surface area contributed by atoms with E-state index in [-0.39, 0.29) is 52.7 Å². The molecule has 2 amide bonds. The predicted octanol–water partition coefficient (Wildman–Crippen LogP) is 2.83. The molecule has 2 fully saturated rings. The largest absolute Gasteiger partial charge is 0.462 e. The highest BCUT2D eigenvalue weighted by atomic mass is 35.5. The fourth-order valence-corrected chi connectivity index (χ4v) is 4.37. The summed E-state index contributed by atoms with van der Waals surface area (Å²) in [4.78, 5) is 38.8. The van der Waals surface area contributed by atoms with Gasteiger partial charge in [0.2, 0.25) is 11.8 Å². The highest BCUT2D eigenvalue weighted by Gasteiger charge is 2.59. The number of halogens is 1. The molecule has 0 spiro atoms. The molecule has 4 atom stereocenters. The molecule has 5 nitrogen and oxygen atoms in total. The molecule has 1 aliphatic heterocycles. The minimum absolute atomic E-state index is 0.151. The summed E-state index contributed by atoms with van der Waals surface area (Å²) < 4.78 is 4.98. The Bertz CT molecular complexity index is 757. The number of amides is 2. The van der Waals surface area contributed by atoms with Gasteiger partial charge < -0.3 is 4.74 Å². The molecule has 1 saturated heterocycles. The molecule has 6 heteroatoms. The first kappa shape index (κ1) is 15.4. The van der Waals surface area contributed by atoms with Crippen LogP contribution in [0.5, 0.6) is 0 Å². The Hall–Kier alpha value is -2.14. The molecular weight excluding hydrogens is 330 g/mol. The molecule has 3 aliphatic rings. The van der Waals surface area contributed by atoms with Gasteiger partial charge in [-0.15, -0.1) is 0 Å². The Morgan fingerprint density at radius 3 is 2.42 bits per heavy atom.